The highest BCUT2D eigenvalue weighted by Gasteiger charge is 2.19. The molecule has 0 aliphatic rings. The van der Waals surface area contributed by atoms with E-state index >= 15 is 0 Å². The first-order valence-electron chi connectivity index (χ1n) is 5.40. The van der Waals surface area contributed by atoms with Crippen LogP contribution in [0.5, 0.6) is 0 Å². The van der Waals surface area contributed by atoms with Crippen molar-refractivity contribution in [2.24, 2.45) is 5.92 Å². The van der Waals surface area contributed by atoms with Gasteiger partial charge in [0.05, 0.1) is 11.4 Å². The Labute approximate surface area is 104 Å². The summed E-state index contributed by atoms with van der Waals surface area (Å²) in [6, 6.07) is 9.72. The molecule has 1 heterocycles. The van der Waals surface area contributed by atoms with E-state index in [1.165, 1.54) is 11.3 Å². The van der Waals surface area contributed by atoms with Crippen LogP contribution in [-0.2, 0) is 17.6 Å². The molecule has 2 aromatic rings. The normalized spacial score (nSPS) is 12.2. The van der Waals surface area contributed by atoms with Crippen LogP contribution in [-0.4, -0.2) is 16.1 Å². The summed E-state index contributed by atoms with van der Waals surface area (Å²) in [6.07, 6.45) is 2.86. The molecule has 0 bridgehead atoms. The lowest BCUT2D eigenvalue weighted by Gasteiger charge is -2.10. The van der Waals surface area contributed by atoms with Gasteiger partial charge in [0.2, 0.25) is 0 Å². The van der Waals surface area contributed by atoms with Crippen molar-refractivity contribution in [3.8, 4) is 0 Å². The van der Waals surface area contributed by atoms with E-state index in [0.717, 1.165) is 10.4 Å². The number of hydrogen-bond acceptors (Lipinski definition) is 3. The van der Waals surface area contributed by atoms with E-state index in [1.807, 2.05) is 30.3 Å². The van der Waals surface area contributed by atoms with Gasteiger partial charge in [-0.05, 0) is 18.4 Å². The number of carbonyl (C=O) groups is 1. The highest BCUT2D eigenvalue weighted by atomic mass is 32.1. The highest BCUT2D eigenvalue weighted by Crippen LogP contribution is 2.17. The molecule has 17 heavy (non-hydrogen) atoms. The molecular weight excluding hydrogens is 234 g/mol. The molecule has 0 aliphatic carbocycles. The van der Waals surface area contributed by atoms with Gasteiger partial charge in [-0.25, -0.2) is 0 Å². The van der Waals surface area contributed by atoms with Crippen molar-refractivity contribution in [3.63, 3.8) is 0 Å². The summed E-state index contributed by atoms with van der Waals surface area (Å²) in [4.78, 5) is 16.2. The van der Waals surface area contributed by atoms with Crippen LogP contribution in [0.1, 0.15) is 10.4 Å². The maximum absolute atomic E-state index is 11.2. The zero-order chi connectivity index (χ0) is 12.1. The van der Waals surface area contributed by atoms with Gasteiger partial charge < -0.3 is 5.11 Å². The first-order valence-corrected chi connectivity index (χ1v) is 6.28. The molecule has 1 aromatic heterocycles. The van der Waals surface area contributed by atoms with E-state index in [9.17, 15) is 9.90 Å². The lowest BCUT2D eigenvalue weighted by Crippen LogP contribution is -2.18. The molecule has 4 heteroatoms. The molecule has 1 N–H and O–H groups in total. The van der Waals surface area contributed by atoms with E-state index < -0.39 is 5.97 Å². The molecule has 0 saturated heterocycles. The van der Waals surface area contributed by atoms with Crippen LogP contribution < -0.4 is 0 Å². The molecule has 0 saturated carbocycles. The Kier molecular flexibility index (Phi) is 3.88. The fourth-order valence-electron chi connectivity index (χ4n) is 1.73. The third-order valence-electron chi connectivity index (χ3n) is 2.61. The number of aromatic nitrogens is 1. The lowest BCUT2D eigenvalue weighted by atomic mass is 9.96. The van der Waals surface area contributed by atoms with Gasteiger partial charge in [-0.3, -0.25) is 9.78 Å². The predicted octanol–water partition coefficient (Wildman–Crippen LogP) is 2.63. The van der Waals surface area contributed by atoms with Gasteiger partial charge >= 0.3 is 5.97 Å². The Hall–Kier alpha value is -1.68. The van der Waals surface area contributed by atoms with Crippen LogP contribution in [0.4, 0.5) is 0 Å². The van der Waals surface area contributed by atoms with Crippen molar-refractivity contribution in [2.45, 2.75) is 12.8 Å². The number of nitrogens with zero attached hydrogens (tertiary/aromatic N) is 1. The number of hydrogen-bond donors (Lipinski definition) is 1. The van der Waals surface area contributed by atoms with E-state index in [-0.39, 0.29) is 5.92 Å². The highest BCUT2D eigenvalue weighted by molar-refractivity contribution is 7.09. The third kappa shape index (κ3) is 3.39. The average molecular weight is 247 g/mol. The Balaban J connectivity index is 2.06. The number of aliphatic carboxylic acids is 1. The van der Waals surface area contributed by atoms with Crippen molar-refractivity contribution in [3.05, 3.63) is 52.5 Å². The zero-order valence-electron chi connectivity index (χ0n) is 9.24. The summed E-state index contributed by atoms with van der Waals surface area (Å²) in [5.74, 6) is -1.12. The van der Waals surface area contributed by atoms with Gasteiger partial charge in [0.1, 0.15) is 0 Å². The third-order valence-corrected chi connectivity index (χ3v) is 3.41. The molecular formula is C13H13NO2S. The number of carboxylic acid groups (broad SMARTS) is 1. The molecule has 1 atom stereocenters. The van der Waals surface area contributed by atoms with Gasteiger partial charge in [-0.15, -0.1) is 11.3 Å². The first-order chi connectivity index (χ1) is 8.25. The van der Waals surface area contributed by atoms with E-state index in [1.54, 1.807) is 11.7 Å². The molecule has 0 radical (unpaired) electrons. The molecule has 1 unspecified atom stereocenters. The minimum atomic E-state index is -0.748. The summed E-state index contributed by atoms with van der Waals surface area (Å²) in [6.45, 7) is 0. The van der Waals surface area contributed by atoms with Crippen molar-refractivity contribution < 1.29 is 9.90 Å². The number of rotatable bonds is 5. The van der Waals surface area contributed by atoms with Gasteiger partial charge in [-0.1, -0.05) is 30.3 Å². The summed E-state index contributed by atoms with van der Waals surface area (Å²) in [5.41, 5.74) is 2.79. The van der Waals surface area contributed by atoms with Gasteiger partial charge in [0.15, 0.2) is 0 Å². The largest absolute Gasteiger partial charge is 0.481 e. The summed E-state index contributed by atoms with van der Waals surface area (Å²) >= 11 is 1.50. The summed E-state index contributed by atoms with van der Waals surface area (Å²) in [7, 11) is 0. The second-order valence-corrected chi connectivity index (χ2v) is 4.87. The monoisotopic (exact) mass is 247 g/mol. The Morgan fingerprint density at radius 1 is 1.29 bits per heavy atom. The second kappa shape index (κ2) is 5.59. The minimum Gasteiger partial charge on any atom is -0.481 e. The van der Waals surface area contributed by atoms with Crippen LogP contribution in [0.25, 0.3) is 0 Å². The van der Waals surface area contributed by atoms with Crippen molar-refractivity contribution in [1.29, 1.82) is 0 Å². The van der Waals surface area contributed by atoms with Crippen LogP contribution in [0.2, 0.25) is 0 Å². The summed E-state index contributed by atoms with van der Waals surface area (Å²) in [5, 5.41) is 9.22. The number of carboxylic acids is 1. The van der Waals surface area contributed by atoms with Crippen molar-refractivity contribution in [2.75, 3.05) is 0 Å². The van der Waals surface area contributed by atoms with E-state index in [2.05, 4.69) is 4.98 Å². The Morgan fingerprint density at radius 3 is 2.65 bits per heavy atom. The van der Waals surface area contributed by atoms with E-state index in [0.29, 0.717) is 12.8 Å². The molecule has 0 spiro atoms. The molecule has 3 nitrogen and oxygen atoms in total. The smallest absolute Gasteiger partial charge is 0.307 e. The summed E-state index contributed by atoms with van der Waals surface area (Å²) < 4.78 is 0. The quantitative estimate of drug-likeness (QED) is 0.883. The second-order valence-electron chi connectivity index (χ2n) is 3.90. The molecule has 1 aromatic carbocycles. The standard InChI is InChI=1S/C13H13NO2S/c15-13(16)11(7-12-8-14-9-17-12)6-10-4-2-1-3-5-10/h1-5,8-9,11H,6-7H2,(H,15,16). The topological polar surface area (TPSA) is 50.2 Å². The zero-order valence-corrected chi connectivity index (χ0v) is 10.1. The van der Waals surface area contributed by atoms with Gasteiger partial charge in [0.25, 0.3) is 0 Å². The van der Waals surface area contributed by atoms with Gasteiger partial charge in [-0.2, -0.15) is 0 Å². The van der Waals surface area contributed by atoms with E-state index in [4.69, 9.17) is 0 Å². The molecule has 0 amide bonds. The predicted molar refractivity (Wildman–Crippen MR) is 67.1 cm³/mol. The van der Waals surface area contributed by atoms with Crippen LogP contribution in [0, 0.1) is 5.92 Å². The molecule has 0 fully saturated rings. The van der Waals surface area contributed by atoms with Gasteiger partial charge in [0, 0.05) is 11.1 Å². The van der Waals surface area contributed by atoms with Crippen LogP contribution in [0.3, 0.4) is 0 Å². The molecule has 88 valence electrons. The minimum absolute atomic E-state index is 0.377. The fraction of sp³-hybridized carbons (Fsp3) is 0.231. The molecule has 2 rings (SSSR count). The van der Waals surface area contributed by atoms with Crippen LogP contribution in [0.15, 0.2) is 42.0 Å². The number of benzene rings is 1. The maximum atomic E-state index is 11.2. The first kappa shape index (κ1) is 11.8. The maximum Gasteiger partial charge on any atom is 0.307 e. The Bertz CT molecular complexity index is 467. The fourth-order valence-corrected chi connectivity index (χ4v) is 2.41. The van der Waals surface area contributed by atoms with Crippen LogP contribution >= 0.6 is 11.3 Å². The Morgan fingerprint density at radius 2 is 2.06 bits per heavy atom. The average Bonchev–Trinajstić information content (AvgIpc) is 2.82. The number of thiazole rings is 1. The van der Waals surface area contributed by atoms with Crippen molar-refractivity contribution >= 4 is 17.3 Å². The molecule has 0 aliphatic heterocycles. The lowest BCUT2D eigenvalue weighted by molar-refractivity contribution is -0.141. The SMILES string of the molecule is O=C(O)C(Cc1ccccc1)Cc1cncs1. The van der Waals surface area contributed by atoms with Crippen molar-refractivity contribution in [1.82, 2.24) is 4.98 Å².